The molecule has 1 fully saturated rings. The average Bonchev–Trinajstić information content (AvgIpc) is 3.26. The topological polar surface area (TPSA) is 99.2 Å². The predicted molar refractivity (Wildman–Crippen MR) is 91.9 cm³/mol. The molecular weight excluding hydrogens is 322 g/mol. The highest BCUT2D eigenvalue weighted by atomic mass is 16.2. The van der Waals surface area contributed by atoms with Gasteiger partial charge in [0.25, 0.3) is 0 Å². The monoisotopic (exact) mass is 345 g/mol. The fourth-order valence-electron chi connectivity index (χ4n) is 2.93. The van der Waals surface area contributed by atoms with E-state index in [0.29, 0.717) is 31.2 Å². The zero-order valence-electron chi connectivity index (χ0n) is 14.5. The third kappa shape index (κ3) is 4.05. The van der Waals surface area contributed by atoms with Gasteiger partial charge in [0.2, 0.25) is 5.91 Å². The zero-order valence-corrected chi connectivity index (χ0v) is 14.5. The van der Waals surface area contributed by atoms with Crippen LogP contribution in [0.25, 0.3) is 11.5 Å². The van der Waals surface area contributed by atoms with Crippen molar-refractivity contribution >= 4 is 11.9 Å². The van der Waals surface area contributed by atoms with Crippen LogP contribution in [0.15, 0.2) is 24.9 Å². The largest absolute Gasteiger partial charge is 0.343 e. The Labute approximate surface area is 146 Å². The van der Waals surface area contributed by atoms with Crippen LogP contribution in [0.3, 0.4) is 0 Å². The maximum absolute atomic E-state index is 12.5. The van der Waals surface area contributed by atoms with Crippen LogP contribution >= 0.6 is 0 Å². The van der Waals surface area contributed by atoms with Crippen molar-refractivity contribution in [2.75, 3.05) is 33.7 Å². The summed E-state index contributed by atoms with van der Waals surface area (Å²) in [4.78, 5) is 39.5. The van der Waals surface area contributed by atoms with Gasteiger partial charge in [-0.05, 0) is 26.9 Å². The molecule has 9 nitrogen and oxygen atoms in total. The number of likely N-dealkylation sites (tertiary alicyclic amines) is 1. The zero-order chi connectivity index (χ0) is 17.8. The van der Waals surface area contributed by atoms with Gasteiger partial charge in [0, 0.05) is 31.5 Å². The Morgan fingerprint density at radius 2 is 2.12 bits per heavy atom. The Hall–Kier alpha value is -2.68. The third-order valence-electron chi connectivity index (χ3n) is 4.22. The van der Waals surface area contributed by atoms with Crippen LogP contribution in [0.4, 0.5) is 4.79 Å². The highest BCUT2D eigenvalue weighted by Crippen LogP contribution is 2.15. The minimum absolute atomic E-state index is 0.0442. The van der Waals surface area contributed by atoms with Crippen LogP contribution in [0.2, 0.25) is 0 Å². The van der Waals surface area contributed by atoms with Gasteiger partial charge in [-0.2, -0.15) is 0 Å². The highest BCUT2D eigenvalue weighted by Gasteiger charge is 2.25. The first kappa shape index (κ1) is 17.2. The van der Waals surface area contributed by atoms with Crippen molar-refractivity contribution in [3.8, 4) is 11.5 Å². The molecule has 0 bridgehead atoms. The lowest BCUT2D eigenvalue weighted by molar-refractivity contribution is -0.132. The van der Waals surface area contributed by atoms with Crippen molar-refractivity contribution in [1.82, 2.24) is 34.6 Å². The Bertz CT molecular complexity index is 715. The summed E-state index contributed by atoms with van der Waals surface area (Å²) in [6.45, 7) is 1.73. The molecule has 2 aromatic rings. The standard InChI is InChI=1S/C16H23N7O2/c1-21(2)10-14(24)22-7-3-12(4-8-22)20-16(25)23-11-17-9-13(23)15-18-5-6-19-15/h5-6,9,11-12H,3-4,7-8,10H2,1-2H3,(H,18,19)(H,20,25). The first-order valence-electron chi connectivity index (χ1n) is 8.30. The molecule has 2 amide bonds. The molecule has 134 valence electrons. The van der Waals surface area contributed by atoms with Crippen LogP contribution in [0, 0.1) is 0 Å². The normalized spacial score (nSPS) is 15.6. The molecule has 9 heteroatoms. The number of aromatic nitrogens is 4. The first-order chi connectivity index (χ1) is 12.0. The lowest BCUT2D eigenvalue weighted by atomic mass is 10.1. The molecule has 1 aliphatic heterocycles. The van der Waals surface area contributed by atoms with E-state index in [1.807, 2.05) is 23.9 Å². The van der Waals surface area contributed by atoms with Gasteiger partial charge in [-0.15, -0.1) is 0 Å². The van der Waals surface area contributed by atoms with E-state index in [2.05, 4.69) is 20.3 Å². The molecule has 3 heterocycles. The molecule has 1 saturated heterocycles. The summed E-state index contributed by atoms with van der Waals surface area (Å²) in [5.74, 6) is 0.723. The maximum Gasteiger partial charge on any atom is 0.327 e. The number of carbonyl (C=O) groups is 2. The molecule has 25 heavy (non-hydrogen) atoms. The number of carbonyl (C=O) groups excluding carboxylic acids is 2. The van der Waals surface area contributed by atoms with Crippen molar-refractivity contribution in [2.45, 2.75) is 18.9 Å². The minimum atomic E-state index is -0.234. The minimum Gasteiger partial charge on any atom is -0.343 e. The van der Waals surface area contributed by atoms with Crippen LogP contribution in [-0.4, -0.2) is 81.0 Å². The Balaban J connectivity index is 1.55. The summed E-state index contributed by atoms with van der Waals surface area (Å²) in [5, 5.41) is 3.02. The molecule has 0 unspecified atom stereocenters. The molecular formula is C16H23N7O2. The van der Waals surface area contributed by atoms with Crippen molar-refractivity contribution in [3.63, 3.8) is 0 Å². The molecule has 3 rings (SSSR count). The van der Waals surface area contributed by atoms with Gasteiger partial charge in [0.1, 0.15) is 12.0 Å². The number of H-pyrrole nitrogens is 1. The fraction of sp³-hybridized carbons (Fsp3) is 0.500. The van der Waals surface area contributed by atoms with Crippen LogP contribution in [0.1, 0.15) is 12.8 Å². The quantitative estimate of drug-likeness (QED) is 0.835. The number of imidazole rings is 2. The molecule has 1 aliphatic rings. The van der Waals surface area contributed by atoms with E-state index < -0.39 is 0 Å². The predicted octanol–water partition coefficient (Wildman–Crippen LogP) is 0.384. The van der Waals surface area contributed by atoms with Crippen LogP contribution < -0.4 is 5.32 Å². The Kier molecular flexibility index (Phi) is 5.13. The molecule has 0 spiro atoms. The van der Waals surface area contributed by atoms with E-state index in [1.165, 1.54) is 10.9 Å². The van der Waals surface area contributed by atoms with Gasteiger partial charge in [0.15, 0.2) is 5.82 Å². The van der Waals surface area contributed by atoms with Gasteiger partial charge in [0.05, 0.1) is 12.7 Å². The van der Waals surface area contributed by atoms with Gasteiger partial charge < -0.3 is 20.1 Å². The second kappa shape index (κ2) is 7.47. The number of rotatable bonds is 4. The van der Waals surface area contributed by atoms with Crippen LogP contribution in [0.5, 0.6) is 0 Å². The van der Waals surface area contributed by atoms with Gasteiger partial charge in [-0.1, -0.05) is 0 Å². The lowest BCUT2D eigenvalue weighted by Gasteiger charge is -2.33. The smallest absolute Gasteiger partial charge is 0.327 e. The molecule has 0 saturated carbocycles. The molecule has 2 aromatic heterocycles. The maximum atomic E-state index is 12.5. The average molecular weight is 345 g/mol. The summed E-state index contributed by atoms with van der Waals surface area (Å²) in [6, 6.07) is -0.190. The lowest BCUT2D eigenvalue weighted by Crippen LogP contribution is -2.49. The second-order valence-electron chi connectivity index (χ2n) is 6.43. The number of hydrogen-bond acceptors (Lipinski definition) is 5. The summed E-state index contributed by atoms with van der Waals surface area (Å²) in [6.07, 6.45) is 7.89. The number of piperidine rings is 1. The Morgan fingerprint density at radius 1 is 1.36 bits per heavy atom. The van der Waals surface area contributed by atoms with Gasteiger partial charge in [-0.3, -0.25) is 4.79 Å². The number of amides is 2. The first-order valence-corrected chi connectivity index (χ1v) is 8.30. The number of nitrogens with zero attached hydrogens (tertiary/aromatic N) is 5. The van der Waals surface area contributed by atoms with E-state index in [1.54, 1.807) is 18.6 Å². The summed E-state index contributed by atoms with van der Waals surface area (Å²) < 4.78 is 1.45. The fourth-order valence-corrected chi connectivity index (χ4v) is 2.93. The number of hydrogen-bond donors (Lipinski definition) is 2. The van der Waals surface area contributed by atoms with Crippen LogP contribution in [-0.2, 0) is 4.79 Å². The molecule has 2 N–H and O–H groups in total. The number of likely N-dealkylation sites (N-methyl/N-ethyl adjacent to an activating group) is 1. The summed E-state index contributed by atoms with van der Waals surface area (Å²) in [7, 11) is 3.76. The van der Waals surface area contributed by atoms with Crippen molar-refractivity contribution in [1.29, 1.82) is 0 Å². The number of nitrogens with one attached hydrogen (secondary N) is 2. The number of aromatic amines is 1. The van der Waals surface area contributed by atoms with E-state index >= 15 is 0 Å². The van der Waals surface area contributed by atoms with Crippen molar-refractivity contribution in [3.05, 3.63) is 24.9 Å². The second-order valence-corrected chi connectivity index (χ2v) is 6.43. The highest BCUT2D eigenvalue weighted by molar-refractivity contribution is 5.81. The van der Waals surface area contributed by atoms with Gasteiger partial charge in [-0.25, -0.2) is 19.3 Å². The van der Waals surface area contributed by atoms with E-state index in [4.69, 9.17) is 0 Å². The van der Waals surface area contributed by atoms with E-state index in [-0.39, 0.29) is 18.0 Å². The summed E-state index contributed by atoms with van der Waals surface area (Å²) >= 11 is 0. The van der Waals surface area contributed by atoms with Crippen molar-refractivity contribution < 1.29 is 9.59 Å². The van der Waals surface area contributed by atoms with E-state index in [0.717, 1.165) is 12.8 Å². The molecule has 0 aliphatic carbocycles. The molecule has 0 aromatic carbocycles. The van der Waals surface area contributed by atoms with Gasteiger partial charge >= 0.3 is 6.03 Å². The molecule has 0 atom stereocenters. The molecule has 0 radical (unpaired) electrons. The van der Waals surface area contributed by atoms with E-state index in [9.17, 15) is 9.59 Å². The Morgan fingerprint density at radius 3 is 2.76 bits per heavy atom. The van der Waals surface area contributed by atoms with Crippen molar-refractivity contribution in [2.24, 2.45) is 0 Å². The SMILES string of the molecule is CN(C)CC(=O)N1CCC(NC(=O)n2cncc2-c2ncc[nH]2)CC1. The summed E-state index contributed by atoms with van der Waals surface area (Å²) in [5.41, 5.74) is 0.612. The third-order valence-corrected chi connectivity index (χ3v) is 4.22.